The SMILES string of the molecule is CC(C(=O)Nc1cc2c(cc1Br)OCCO2)=C1CNC1. The van der Waals surface area contributed by atoms with E-state index in [0.717, 1.165) is 28.7 Å². The van der Waals surface area contributed by atoms with E-state index < -0.39 is 0 Å². The van der Waals surface area contributed by atoms with Gasteiger partial charge in [-0.1, -0.05) is 0 Å². The predicted octanol–water partition coefficient (Wildman–Crippen LogP) is 2.08. The third-order valence-corrected chi connectivity index (χ3v) is 4.08. The van der Waals surface area contributed by atoms with Crippen molar-refractivity contribution in [3.05, 3.63) is 27.8 Å². The van der Waals surface area contributed by atoms with E-state index in [1.54, 1.807) is 6.07 Å². The van der Waals surface area contributed by atoms with Crippen molar-refractivity contribution < 1.29 is 14.3 Å². The molecular weight excluding hydrogens is 324 g/mol. The van der Waals surface area contributed by atoms with Gasteiger partial charge in [-0.2, -0.15) is 0 Å². The van der Waals surface area contributed by atoms with Gasteiger partial charge in [-0.25, -0.2) is 0 Å². The summed E-state index contributed by atoms with van der Waals surface area (Å²) in [5.41, 5.74) is 2.60. The minimum absolute atomic E-state index is 0.0844. The highest BCUT2D eigenvalue weighted by atomic mass is 79.9. The number of fused-ring (bicyclic) bond motifs is 1. The molecule has 2 N–H and O–H groups in total. The second kappa shape index (κ2) is 5.46. The number of benzene rings is 1. The minimum atomic E-state index is -0.0844. The molecule has 2 heterocycles. The minimum Gasteiger partial charge on any atom is -0.486 e. The molecule has 0 saturated carbocycles. The Morgan fingerprint density at radius 1 is 1.25 bits per heavy atom. The summed E-state index contributed by atoms with van der Waals surface area (Å²) in [7, 11) is 0. The van der Waals surface area contributed by atoms with E-state index in [-0.39, 0.29) is 5.91 Å². The highest BCUT2D eigenvalue weighted by molar-refractivity contribution is 9.10. The molecule has 0 radical (unpaired) electrons. The number of nitrogens with one attached hydrogen (secondary N) is 2. The molecule has 0 spiro atoms. The second-order valence-corrected chi connectivity index (χ2v) is 5.62. The van der Waals surface area contributed by atoms with Crippen molar-refractivity contribution in [2.45, 2.75) is 6.92 Å². The van der Waals surface area contributed by atoms with Crippen LogP contribution in [-0.2, 0) is 4.79 Å². The van der Waals surface area contributed by atoms with Crippen LogP contribution in [-0.4, -0.2) is 32.2 Å². The van der Waals surface area contributed by atoms with Crippen LogP contribution in [0.15, 0.2) is 27.8 Å². The van der Waals surface area contributed by atoms with E-state index in [4.69, 9.17) is 9.47 Å². The zero-order valence-corrected chi connectivity index (χ0v) is 12.7. The number of amides is 1. The summed E-state index contributed by atoms with van der Waals surface area (Å²) in [6.07, 6.45) is 0. The number of carbonyl (C=O) groups is 1. The topological polar surface area (TPSA) is 59.6 Å². The van der Waals surface area contributed by atoms with E-state index in [9.17, 15) is 4.79 Å². The van der Waals surface area contributed by atoms with E-state index in [2.05, 4.69) is 26.6 Å². The normalized spacial score (nSPS) is 16.4. The Labute approximate surface area is 125 Å². The van der Waals surface area contributed by atoms with Gasteiger partial charge in [0, 0.05) is 35.3 Å². The summed E-state index contributed by atoms with van der Waals surface area (Å²) < 4.78 is 11.8. The van der Waals surface area contributed by atoms with Crippen LogP contribution < -0.4 is 20.1 Å². The first kappa shape index (κ1) is 13.5. The van der Waals surface area contributed by atoms with Crippen molar-refractivity contribution >= 4 is 27.5 Å². The first-order valence-electron chi connectivity index (χ1n) is 6.45. The second-order valence-electron chi connectivity index (χ2n) is 4.76. The van der Waals surface area contributed by atoms with E-state index in [0.29, 0.717) is 30.4 Å². The summed E-state index contributed by atoms with van der Waals surface area (Å²) in [5, 5.41) is 6.03. The number of anilines is 1. The Morgan fingerprint density at radius 3 is 2.50 bits per heavy atom. The van der Waals surface area contributed by atoms with Crippen LogP contribution in [0, 0.1) is 0 Å². The number of ether oxygens (including phenoxy) is 2. The maximum Gasteiger partial charge on any atom is 0.251 e. The molecule has 0 aromatic heterocycles. The molecule has 2 aliphatic heterocycles. The number of rotatable bonds is 2. The fraction of sp³-hybridized carbons (Fsp3) is 0.357. The van der Waals surface area contributed by atoms with Gasteiger partial charge in [0.05, 0.1) is 5.69 Å². The fourth-order valence-electron chi connectivity index (χ4n) is 2.05. The zero-order valence-electron chi connectivity index (χ0n) is 11.1. The molecule has 106 valence electrons. The van der Waals surface area contributed by atoms with Crippen molar-refractivity contribution in [3.8, 4) is 11.5 Å². The van der Waals surface area contributed by atoms with Crippen LogP contribution in [0.4, 0.5) is 5.69 Å². The van der Waals surface area contributed by atoms with E-state index >= 15 is 0 Å². The van der Waals surface area contributed by atoms with Gasteiger partial charge in [0.15, 0.2) is 11.5 Å². The Kier molecular flexibility index (Phi) is 3.67. The highest BCUT2D eigenvalue weighted by Gasteiger charge is 2.19. The molecule has 0 atom stereocenters. The smallest absolute Gasteiger partial charge is 0.251 e. The van der Waals surface area contributed by atoms with Crippen LogP contribution in [0.1, 0.15) is 6.92 Å². The lowest BCUT2D eigenvalue weighted by atomic mass is 10.0. The molecule has 5 nitrogen and oxygen atoms in total. The Balaban J connectivity index is 1.82. The van der Waals surface area contributed by atoms with Crippen LogP contribution >= 0.6 is 15.9 Å². The molecule has 0 aliphatic carbocycles. The monoisotopic (exact) mass is 338 g/mol. The van der Waals surface area contributed by atoms with Gasteiger partial charge < -0.3 is 20.1 Å². The summed E-state index contributed by atoms with van der Waals surface area (Å²) in [6, 6.07) is 3.60. The Morgan fingerprint density at radius 2 is 1.90 bits per heavy atom. The fourth-order valence-corrected chi connectivity index (χ4v) is 2.47. The van der Waals surface area contributed by atoms with Crippen molar-refractivity contribution in [2.75, 3.05) is 31.6 Å². The molecule has 0 bridgehead atoms. The molecule has 1 aromatic rings. The van der Waals surface area contributed by atoms with Crippen LogP contribution in [0.25, 0.3) is 0 Å². The maximum atomic E-state index is 12.2. The lowest BCUT2D eigenvalue weighted by molar-refractivity contribution is -0.112. The van der Waals surface area contributed by atoms with Crippen molar-refractivity contribution in [1.82, 2.24) is 5.32 Å². The lowest BCUT2D eigenvalue weighted by Gasteiger charge is -2.22. The largest absolute Gasteiger partial charge is 0.486 e. The molecule has 3 rings (SSSR count). The van der Waals surface area contributed by atoms with E-state index in [1.807, 2.05) is 13.0 Å². The molecule has 1 saturated heterocycles. The number of hydrogen-bond acceptors (Lipinski definition) is 4. The molecule has 1 fully saturated rings. The molecule has 20 heavy (non-hydrogen) atoms. The molecule has 1 aromatic carbocycles. The van der Waals surface area contributed by atoms with Crippen molar-refractivity contribution in [3.63, 3.8) is 0 Å². The van der Waals surface area contributed by atoms with Crippen LogP contribution in [0.2, 0.25) is 0 Å². The quantitative estimate of drug-likeness (QED) is 0.810. The summed E-state index contributed by atoms with van der Waals surface area (Å²) in [6.45, 7) is 4.50. The van der Waals surface area contributed by atoms with Gasteiger partial charge in [-0.3, -0.25) is 4.79 Å². The number of hydrogen-bond donors (Lipinski definition) is 2. The summed E-state index contributed by atoms with van der Waals surface area (Å²) >= 11 is 3.44. The summed E-state index contributed by atoms with van der Waals surface area (Å²) in [4.78, 5) is 12.2. The zero-order chi connectivity index (χ0) is 14.1. The third-order valence-electron chi connectivity index (χ3n) is 3.43. The molecular formula is C14H15BrN2O3. The van der Waals surface area contributed by atoms with Gasteiger partial charge in [-0.05, 0) is 28.4 Å². The molecule has 1 amide bonds. The summed E-state index contributed by atoms with van der Waals surface area (Å²) in [5.74, 6) is 1.27. The molecule has 6 heteroatoms. The average molecular weight is 339 g/mol. The predicted molar refractivity (Wildman–Crippen MR) is 79.3 cm³/mol. The number of carbonyl (C=O) groups excluding carboxylic acids is 1. The van der Waals surface area contributed by atoms with Gasteiger partial charge in [0.2, 0.25) is 0 Å². The van der Waals surface area contributed by atoms with Gasteiger partial charge in [-0.15, -0.1) is 0 Å². The maximum absolute atomic E-state index is 12.2. The lowest BCUT2D eigenvalue weighted by Crippen LogP contribution is -2.36. The molecule has 2 aliphatic rings. The standard InChI is InChI=1S/C14H15BrN2O3/c1-8(9-6-16-7-9)14(18)17-11-5-13-12(4-10(11)15)19-2-3-20-13/h4-5,16H,2-3,6-7H2,1H3,(H,17,18). The van der Waals surface area contributed by atoms with Crippen LogP contribution in [0.3, 0.4) is 0 Å². The van der Waals surface area contributed by atoms with Gasteiger partial charge >= 0.3 is 0 Å². The van der Waals surface area contributed by atoms with Crippen molar-refractivity contribution in [1.29, 1.82) is 0 Å². The van der Waals surface area contributed by atoms with E-state index in [1.165, 1.54) is 0 Å². The first-order valence-corrected chi connectivity index (χ1v) is 7.24. The third kappa shape index (κ3) is 2.53. The highest BCUT2D eigenvalue weighted by Crippen LogP contribution is 2.38. The first-order chi connectivity index (χ1) is 9.65. The Bertz CT molecular complexity index is 592. The van der Waals surface area contributed by atoms with Crippen molar-refractivity contribution in [2.24, 2.45) is 0 Å². The van der Waals surface area contributed by atoms with Gasteiger partial charge in [0.25, 0.3) is 5.91 Å². The number of halogens is 1. The Hall–Kier alpha value is -1.53. The van der Waals surface area contributed by atoms with Crippen LogP contribution in [0.5, 0.6) is 11.5 Å². The average Bonchev–Trinajstić information content (AvgIpc) is 2.37. The van der Waals surface area contributed by atoms with Gasteiger partial charge in [0.1, 0.15) is 13.2 Å². The molecule has 0 unspecified atom stereocenters.